The maximum Gasteiger partial charge on any atom is 0.251 e. The van der Waals surface area contributed by atoms with Crippen LogP contribution in [0.15, 0.2) is 42.5 Å². The monoisotopic (exact) mass is 311 g/mol. The predicted molar refractivity (Wildman–Crippen MR) is 94.2 cm³/mol. The fraction of sp³-hybridized carbons (Fsp3) is 0.350. The van der Waals surface area contributed by atoms with Gasteiger partial charge < -0.3 is 10.1 Å². The SMILES string of the molecule is CCCc1ccc(OCCNC(=O)c2ccc(C)cc2C)cc1. The van der Waals surface area contributed by atoms with E-state index in [9.17, 15) is 4.79 Å². The minimum atomic E-state index is -0.0515. The molecule has 1 N–H and O–H groups in total. The summed E-state index contributed by atoms with van der Waals surface area (Å²) in [5.41, 5.74) is 4.20. The second-order valence-corrected chi connectivity index (χ2v) is 5.82. The summed E-state index contributed by atoms with van der Waals surface area (Å²) in [4.78, 5) is 12.1. The van der Waals surface area contributed by atoms with Crippen LogP contribution in [-0.4, -0.2) is 19.1 Å². The van der Waals surface area contributed by atoms with Crippen LogP contribution in [0, 0.1) is 13.8 Å². The summed E-state index contributed by atoms with van der Waals surface area (Å²) in [5.74, 6) is 0.787. The molecule has 3 nitrogen and oxygen atoms in total. The Morgan fingerprint density at radius 2 is 1.83 bits per heavy atom. The van der Waals surface area contributed by atoms with Gasteiger partial charge in [-0.2, -0.15) is 0 Å². The molecule has 0 aromatic heterocycles. The summed E-state index contributed by atoms with van der Waals surface area (Å²) in [6.07, 6.45) is 2.23. The van der Waals surface area contributed by atoms with E-state index in [1.165, 1.54) is 5.56 Å². The number of hydrogen-bond donors (Lipinski definition) is 1. The second-order valence-electron chi connectivity index (χ2n) is 5.82. The van der Waals surface area contributed by atoms with Crippen molar-refractivity contribution < 1.29 is 9.53 Å². The average Bonchev–Trinajstić information content (AvgIpc) is 2.53. The zero-order valence-electron chi connectivity index (χ0n) is 14.2. The molecule has 0 atom stereocenters. The molecular weight excluding hydrogens is 286 g/mol. The number of amides is 1. The number of nitrogens with one attached hydrogen (secondary N) is 1. The summed E-state index contributed by atoms with van der Waals surface area (Å²) in [5, 5.41) is 2.90. The van der Waals surface area contributed by atoms with Crippen LogP contribution in [0.2, 0.25) is 0 Å². The lowest BCUT2D eigenvalue weighted by molar-refractivity contribution is 0.0946. The average molecular weight is 311 g/mol. The van der Waals surface area contributed by atoms with E-state index >= 15 is 0 Å². The molecule has 0 saturated carbocycles. The lowest BCUT2D eigenvalue weighted by Crippen LogP contribution is -2.28. The number of benzene rings is 2. The van der Waals surface area contributed by atoms with Crippen molar-refractivity contribution in [3.05, 3.63) is 64.7 Å². The third kappa shape index (κ3) is 5.13. The Hall–Kier alpha value is -2.29. The number of rotatable bonds is 7. The lowest BCUT2D eigenvalue weighted by Gasteiger charge is -2.10. The third-order valence-electron chi connectivity index (χ3n) is 3.74. The quantitative estimate of drug-likeness (QED) is 0.783. The highest BCUT2D eigenvalue weighted by Crippen LogP contribution is 2.13. The van der Waals surface area contributed by atoms with Gasteiger partial charge in [-0.05, 0) is 49.6 Å². The fourth-order valence-corrected chi connectivity index (χ4v) is 2.54. The van der Waals surface area contributed by atoms with E-state index in [4.69, 9.17) is 4.74 Å². The highest BCUT2D eigenvalue weighted by Gasteiger charge is 2.08. The van der Waals surface area contributed by atoms with Gasteiger partial charge in [-0.3, -0.25) is 4.79 Å². The Bertz CT molecular complexity index is 647. The molecule has 2 rings (SSSR count). The van der Waals surface area contributed by atoms with Crippen molar-refractivity contribution in [1.82, 2.24) is 5.32 Å². The van der Waals surface area contributed by atoms with Gasteiger partial charge in [0.2, 0.25) is 0 Å². The molecule has 0 saturated heterocycles. The predicted octanol–water partition coefficient (Wildman–Crippen LogP) is 4.06. The molecule has 0 fully saturated rings. The van der Waals surface area contributed by atoms with Gasteiger partial charge in [0.05, 0.1) is 6.54 Å². The molecular formula is C20H25NO2. The van der Waals surface area contributed by atoms with Gasteiger partial charge >= 0.3 is 0 Å². The zero-order valence-corrected chi connectivity index (χ0v) is 14.2. The second kappa shape index (κ2) is 8.37. The maximum absolute atomic E-state index is 12.1. The van der Waals surface area contributed by atoms with E-state index in [2.05, 4.69) is 24.4 Å². The van der Waals surface area contributed by atoms with Gasteiger partial charge in [0.15, 0.2) is 0 Å². The van der Waals surface area contributed by atoms with Crippen molar-refractivity contribution in [3.63, 3.8) is 0 Å². The summed E-state index contributed by atoms with van der Waals surface area (Å²) in [6, 6.07) is 14.0. The van der Waals surface area contributed by atoms with Crippen LogP contribution in [0.25, 0.3) is 0 Å². The van der Waals surface area contributed by atoms with Crippen molar-refractivity contribution in [2.24, 2.45) is 0 Å². The maximum atomic E-state index is 12.1. The highest BCUT2D eigenvalue weighted by atomic mass is 16.5. The molecule has 0 heterocycles. The van der Waals surface area contributed by atoms with Crippen LogP contribution in [0.1, 0.15) is 40.4 Å². The Kier molecular flexibility index (Phi) is 6.21. The number of carbonyl (C=O) groups is 1. The number of carbonyl (C=O) groups excluding carboxylic acids is 1. The van der Waals surface area contributed by atoms with Gasteiger partial charge in [0.1, 0.15) is 12.4 Å². The minimum Gasteiger partial charge on any atom is -0.492 e. The number of hydrogen-bond acceptors (Lipinski definition) is 2. The first-order valence-electron chi connectivity index (χ1n) is 8.17. The van der Waals surface area contributed by atoms with E-state index in [1.54, 1.807) is 0 Å². The standard InChI is InChI=1S/C20H25NO2/c1-4-5-17-7-9-18(10-8-17)23-13-12-21-20(22)19-11-6-15(2)14-16(19)3/h6-11,14H,4-5,12-13H2,1-3H3,(H,21,22). The first-order valence-corrected chi connectivity index (χ1v) is 8.17. The molecule has 0 bridgehead atoms. The normalized spacial score (nSPS) is 10.4. The van der Waals surface area contributed by atoms with Crippen molar-refractivity contribution in [2.75, 3.05) is 13.2 Å². The first kappa shape index (κ1) is 17.1. The van der Waals surface area contributed by atoms with Gasteiger partial charge in [0.25, 0.3) is 5.91 Å². The van der Waals surface area contributed by atoms with Crippen molar-refractivity contribution in [3.8, 4) is 5.75 Å². The molecule has 0 radical (unpaired) electrons. The minimum absolute atomic E-state index is 0.0515. The van der Waals surface area contributed by atoms with Crippen molar-refractivity contribution >= 4 is 5.91 Å². The number of aryl methyl sites for hydroxylation is 3. The van der Waals surface area contributed by atoms with Crippen LogP contribution >= 0.6 is 0 Å². The molecule has 2 aromatic carbocycles. The molecule has 2 aromatic rings. The third-order valence-corrected chi connectivity index (χ3v) is 3.74. The van der Waals surface area contributed by atoms with Gasteiger partial charge in [-0.15, -0.1) is 0 Å². The summed E-state index contributed by atoms with van der Waals surface area (Å²) >= 11 is 0. The Labute approximate surface area is 138 Å². The van der Waals surface area contributed by atoms with E-state index in [0.717, 1.165) is 35.3 Å². The Morgan fingerprint density at radius 1 is 1.09 bits per heavy atom. The number of ether oxygens (including phenoxy) is 1. The summed E-state index contributed by atoms with van der Waals surface area (Å²) in [7, 11) is 0. The Balaban J connectivity index is 1.77. The van der Waals surface area contributed by atoms with Crippen LogP contribution in [0.4, 0.5) is 0 Å². The van der Waals surface area contributed by atoms with E-state index in [1.807, 2.05) is 44.2 Å². The van der Waals surface area contributed by atoms with Gasteiger partial charge in [-0.25, -0.2) is 0 Å². The van der Waals surface area contributed by atoms with Crippen molar-refractivity contribution in [2.45, 2.75) is 33.6 Å². The van der Waals surface area contributed by atoms with Crippen LogP contribution in [-0.2, 0) is 6.42 Å². The van der Waals surface area contributed by atoms with E-state index in [0.29, 0.717) is 13.2 Å². The molecule has 0 unspecified atom stereocenters. The van der Waals surface area contributed by atoms with E-state index < -0.39 is 0 Å². The van der Waals surface area contributed by atoms with Gasteiger partial charge in [-0.1, -0.05) is 43.2 Å². The molecule has 23 heavy (non-hydrogen) atoms. The summed E-state index contributed by atoms with van der Waals surface area (Å²) in [6.45, 7) is 7.10. The molecule has 0 aliphatic rings. The van der Waals surface area contributed by atoms with Gasteiger partial charge in [0, 0.05) is 5.56 Å². The molecule has 1 amide bonds. The largest absolute Gasteiger partial charge is 0.492 e. The van der Waals surface area contributed by atoms with Crippen LogP contribution in [0.3, 0.4) is 0 Å². The molecule has 3 heteroatoms. The van der Waals surface area contributed by atoms with Crippen LogP contribution < -0.4 is 10.1 Å². The molecule has 122 valence electrons. The molecule has 0 aliphatic heterocycles. The topological polar surface area (TPSA) is 38.3 Å². The zero-order chi connectivity index (χ0) is 16.7. The highest BCUT2D eigenvalue weighted by molar-refractivity contribution is 5.95. The fourth-order valence-electron chi connectivity index (χ4n) is 2.54. The molecule has 0 aliphatic carbocycles. The smallest absolute Gasteiger partial charge is 0.251 e. The molecule has 0 spiro atoms. The lowest BCUT2D eigenvalue weighted by atomic mass is 10.1. The first-order chi connectivity index (χ1) is 11.1. The van der Waals surface area contributed by atoms with E-state index in [-0.39, 0.29) is 5.91 Å². The Morgan fingerprint density at radius 3 is 2.48 bits per heavy atom. The van der Waals surface area contributed by atoms with Crippen molar-refractivity contribution in [1.29, 1.82) is 0 Å². The summed E-state index contributed by atoms with van der Waals surface area (Å²) < 4.78 is 5.66. The van der Waals surface area contributed by atoms with Crippen LogP contribution in [0.5, 0.6) is 5.75 Å².